The van der Waals surface area contributed by atoms with Crippen LogP contribution in [-0.4, -0.2) is 29.9 Å². The zero-order chi connectivity index (χ0) is 20.8. The Balaban J connectivity index is 1.73. The summed E-state index contributed by atoms with van der Waals surface area (Å²) in [6, 6.07) is 17.0. The summed E-state index contributed by atoms with van der Waals surface area (Å²) in [6.45, 7) is 2.00. The molecule has 1 heterocycles. The number of amides is 1. The molecule has 3 aromatic rings. The van der Waals surface area contributed by atoms with Gasteiger partial charge < -0.3 is 14.8 Å². The van der Waals surface area contributed by atoms with Gasteiger partial charge in [-0.15, -0.1) is 0 Å². The highest BCUT2D eigenvalue weighted by Crippen LogP contribution is 2.20. The van der Waals surface area contributed by atoms with Crippen molar-refractivity contribution in [3.63, 3.8) is 0 Å². The first-order chi connectivity index (χ1) is 14.0. The molecule has 0 spiro atoms. The monoisotopic (exact) mass is 393 g/mol. The summed E-state index contributed by atoms with van der Waals surface area (Å²) in [5.41, 5.74) is 2.01. The van der Waals surface area contributed by atoms with E-state index in [1.54, 1.807) is 27.2 Å². The standard InChI is InChI=1S/C22H23N3O4/c1-15(22(27)23-14-16-4-8-18(28-2)9-5-16)25-21(26)13-12-20(24-25)17-6-10-19(29-3)11-7-17/h4-13,15H,14H2,1-3H3,(H,23,27). The maximum Gasteiger partial charge on any atom is 0.267 e. The van der Waals surface area contributed by atoms with Crippen molar-refractivity contribution in [3.8, 4) is 22.8 Å². The van der Waals surface area contributed by atoms with Crippen molar-refractivity contribution in [1.29, 1.82) is 0 Å². The molecule has 1 N–H and O–H groups in total. The fraction of sp³-hybridized carbons (Fsp3) is 0.227. The third-order valence-corrected chi connectivity index (χ3v) is 4.58. The highest BCUT2D eigenvalue weighted by atomic mass is 16.5. The summed E-state index contributed by atoms with van der Waals surface area (Å²) in [5, 5.41) is 7.22. The number of nitrogens with zero attached hydrogens (tertiary/aromatic N) is 2. The lowest BCUT2D eigenvalue weighted by Crippen LogP contribution is -2.36. The number of carbonyl (C=O) groups excluding carboxylic acids is 1. The van der Waals surface area contributed by atoms with Crippen LogP contribution in [0.3, 0.4) is 0 Å². The number of aromatic nitrogens is 2. The molecule has 1 amide bonds. The normalized spacial score (nSPS) is 11.6. The number of carbonyl (C=O) groups is 1. The van der Waals surface area contributed by atoms with Crippen molar-refractivity contribution in [2.75, 3.05) is 14.2 Å². The van der Waals surface area contributed by atoms with Crippen LogP contribution in [0.25, 0.3) is 11.3 Å². The van der Waals surface area contributed by atoms with E-state index in [1.165, 1.54) is 10.7 Å². The van der Waals surface area contributed by atoms with Gasteiger partial charge in [0, 0.05) is 18.2 Å². The summed E-state index contributed by atoms with van der Waals surface area (Å²) in [6.07, 6.45) is 0. The molecule has 2 aromatic carbocycles. The zero-order valence-electron chi connectivity index (χ0n) is 16.6. The summed E-state index contributed by atoms with van der Waals surface area (Å²) >= 11 is 0. The molecule has 1 unspecified atom stereocenters. The van der Waals surface area contributed by atoms with E-state index in [2.05, 4.69) is 10.4 Å². The number of benzene rings is 2. The molecule has 1 atom stereocenters. The molecule has 0 radical (unpaired) electrons. The third-order valence-electron chi connectivity index (χ3n) is 4.58. The lowest BCUT2D eigenvalue weighted by Gasteiger charge is -2.15. The van der Waals surface area contributed by atoms with Gasteiger partial charge in [-0.1, -0.05) is 12.1 Å². The molecule has 150 valence electrons. The smallest absolute Gasteiger partial charge is 0.267 e. The van der Waals surface area contributed by atoms with Gasteiger partial charge >= 0.3 is 0 Å². The number of rotatable bonds is 7. The molecular weight excluding hydrogens is 370 g/mol. The van der Waals surface area contributed by atoms with E-state index in [4.69, 9.17) is 9.47 Å². The van der Waals surface area contributed by atoms with E-state index in [9.17, 15) is 9.59 Å². The van der Waals surface area contributed by atoms with Crippen LogP contribution in [0.5, 0.6) is 11.5 Å². The summed E-state index contributed by atoms with van der Waals surface area (Å²) in [5.74, 6) is 1.19. The number of hydrogen-bond donors (Lipinski definition) is 1. The van der Waals surface area contributed by atoms with Gasteiger partial charge in [0.1, 0.15) is 17.5 Å². The second-order valence-electron chi connectivity index (χ2n) is 6.47. The van der Waals surface area contributed by atoms with Crippen molar-refractivity contribution >= 4 is 5.91 Å². The van der Waals surface area contributed by atoms with Gasteiger partial charge in [-0.2, -0.15) is 5.10 Å². The fourth-order valence-corrected chi connectivity index (χ4v) is 2.81. The predicted octanol–water partition coefficient (Wildman–Crippen LogP) is 2.80. The van der Waals surface area contributed by atoms with Gasteiger partial charge in [0.25, 0.3) is 5.56 Å². The van der Waals surface area contributed by atoms with Crippen molar-refractivity contribution in [2.24, 2.45) is 0 Å². The fourth-order valence-electron chi connectivity index (χ4n) is 2.81. The Morgan fingerprint density at radius 1 is 0.966 bits per heavy atom. The molecule has 7 heteroatoms. The second-order valence-corrected chi connectivity index (χ2v) is 6.47. The van der Waals surface area contributed by atoms with Crippen molar-refractivity contribution in [1.82, 2.24) is 15.1 Å². The van der Waals surface area contributed by atoms with Gasteiger partial charge in [-0.25, -0.2) is 4.68 Å². The minimum Gasteiger partial charge on any atom is -0.497 e. The van der Waals surface area contributed by atoms with Crippen LogP contribution < -0.4 is 20.3 Å². The summed E-state index contributed by atoms with van der Waals surface area (Å²) in [4.78, 5) is 24.9. The molecule has 0 saturated carbocycles. The molecule has 0 aliphatic carbocycles. The first-order valence-electron chi connectivity index (χ1n) is 9.16. The van der Waals surface area contributed by atoms with Crippen molar-refractivity contribution in [3.05, 3.63) is 76.6 Å². The van der Waals surface area contributed by atoms with Gasteiger partial charge in [0.05, 0.1) is 19.9 Å². The largest absolute Gasteiger partial charge is 0.497 e. The maximum atomic E-state index is 12.6. The van der Waals surface area contributed by atoms with E-state index in [0.717, 1.165) is 22.6 Å². The van der Waals surface area contributed by atoms with Crippen LogP contribution in [0.4, 0.5) is 0 Å². The molecule has 0 saturated heterocycles. The SMILES string of the molecule is COc1ccc(CNC(=O)C(C)n2nc(-c3ccc(OC)cc3)ccc2=O)cc1. The Bertz CT molecular complexity index is 1030. The predicted molar refractivity (Wildman–Crippen MR) is 110 cm³/mol. The molecule has 0 fully saturated rings. The van der Waals surface area contributed by atoms with Crippen LogP contribution >= 0.6 is 0 Å². The summed E-state index contributed by atoms with van der Waals surface area (Å²) in [7, 11) is 3.20. The highest BCUT2D eigenvalue weighted by molar-refractivity contribution is 5.79. The Kier molecular flexibility index (Phi) is 6.29. The van der Waals surface area contributed by atoms with Crippen LogP contribution in [0.15, 0.2) is 65.5 Å². The molecule has 29 heavy (non-hydrogen) atoms. The van der Waals surface area contributed by atoms with Gasteiger partial charge in [-0.05, 0) is 55.0 Å². The Morgan fingerprint density at radius 3 is 2.14 bits per heavy atom. The molecule has 7 nitrogen and oxygen atoms in total. The average molecular weight is 393 g/mol. The van der Waals surface area contributed by atoms with Crippen molar-refractivity contribution < 1.29 is 14.3 Å². The molecule has 0 bridgehead atoms. The van der Waals surface area contributed by atoms with E-state index in [1.807, 2.05) is 48.5 Å². The van der Waals surface area contributed by atoms with Gasteiger partial charge in [0.15, 0.2) is 0 Å². The lowest BCUT2D eigenvalue weighted by atomic mass is 10.1. The van der Waals surface area contributed by atoms with E-state index in [0.29, 0.717) is 12.2 Å². The first kappa shape index (κ1) is 20.1. The van der Waals surface area contributed by atoms with Crippen LogP contribution in [0, 0.1) is 0 Å². The first-order valence-corrected chi connectivity index (χ1v) is 9.16. The van der Waals surface area contributed by atoms with Gasteiger partial charge in [-0.3, -0.25) is 9.59 Å². The number of ether oxygens (including phenoxy) is 2. The molecule has 0 aliphatic rings. The number of hydrogen-bond acceptors (Lipinski definition) is 5. The molecule has 3 rings (SSSR count). The second kappa shape index (κ2) is 9.05. The van der Waals surface area contributed by atoms with Crippen LogP contribution in [0.2, 0.25) is 0 Å². The molecule has 0 aliphatic heterocycles. The average Bonchev–Trinajstić information content (AvgIpc) is 2.77. The van der Waals surface area contributed by atoms with Crippen LogP contribution in [-0.2, 0) is 11.3 Å². The number of nitrogens with one attached hydrogen (secondary N) is 1. The Morgan fingerprint density at radius 2 is 1.55 bits per heavy atom. The van der Waals surface area contributed by atoms with Crippen LogP contribution in [0.1, 0.15) is 18.5 Å². The minimum absolute atomic E-state index is 0.290. The highest BCUT2D eigenvalue weighted by Gasteiger charge is 2.18. The van der Waals surface area contributed by atoms with E-state index < -0.39 is 6.04 Å². The maximum absolute atomic E-state index is 12.6. The Labute approximate surface area is 168 Å². The van der Waals surface area contributed by atoms with Gasteiger partial charge in [0.2, 0.25) is 5.91 Å². The zero-order valence-corrected chi connectivity index (χ0v) is 16.6. The third kappa shape index (κ3) is 4.82. The molecule has 1 aromatic heterocycles. The van der Waals surface area contributed by atoms with E-state index >= 15 is 0 Å². The topological polar surface area (TPSA) is 82.4 Å². The minimum atomic E-state index is -0.751. The quantitative estimate of drug-likeness (QED) is 0.667. The molecular formula is C22H23N3O4. The van der Waals surface area contributed by atoms with Crippen molar-refractivity contribution in [2.45, 2.75) is 19.5 Å². The summed E-state index contributed by atoms with van der Waals surface area (Å²) < 4.78 is 11.5. The van der Waals surface area contributed by atoms with E-state index in [-0.39, 0.29) is 11.5 Å². The number of methoxy groups -OCH3 is 2. The lowest BCUT2D eigenvalue weighted by molar-refractivity contribution is -0.124. The Hall–Kier alpha value is -3.61.